The summed E-state index contributed by atoms with van der Waals surface area (Å²) in [5.41, 5.74) is 1.81. The molecule has 0 radical (unpaired) electrons. The lowest BCUT2D eigenvalue weighted by atomic mass is 9.94. The van der Waals surface area contributed by atoms with Crippen molar-refractivity contribution in [3.05, 3.63) is 45.2 Å². The van der Waals surface area contributed by atoms with Crippen LogP contribution < -0.4 is 21.5 Å². The van der Waals surface area contributed by atoms with Gasteiger partial charge in [0.1, 0.15) is 16.7 Å². The molecule has 4 aromatic rings. The molecule has 1 aliphatic heterocycles. The largest absolute Gasteiger partial charge is 0.341 e. The van der Waals surface area contributed by atoms with Crippen LogP contribution in [-0.4, -0.2) is 49.4 Å². The van der Waals surface area contributed by atoms with Gasteiger partial charge in [-0.25, -0.2) is 14.9 Å². The minimum Gasteiger partial charge on any atom is -0.341 e. The first-order valence-corrected chi connectivity index (χ1v) is 10.1. The second kappa shape index (κ2) is 7.67. The van der Waals surface area contributed by atoms with Crippen LogP contribution in [0.1, 0.15) is 19.3 Å². The second-order valence-electron chi connectivity index (χ2n) is 7.67. The molecule has 3 aromatic heterocycles. The van der Waals surface area contributed by atoms with Crippen molar-refractivity contribution in [2.75, 3.05) is 23.3 Å². The quantitative estimate of drug-likeness (QED) is 0.309. The van der Waals surface area contributed by atoms with Crippen molar-refractivity contribution < 1.29 is 0 Å². The van der Waals surface area contributed by atoms with Gasteiger partial charge in [0.2, 0.25) is 5.95 Å². The molecule has 158 valence electrons. The van der Waals surface area contributed by atoms with Crippen LogP contribution in [0.15, 0.2) is 34.0 Å². The van der Waals surface area contributed by atoms with Crippen molar-refractivity contribution in [2.45, 2.75) is 19.3 Å². The second-order valence-corrected chi connectivity index (χ2v) is 7.67. The first-order valence-electron chi connectivity index (χ1n) is 10.1. The van der Waals surface area contributed by atoms with E-state index in [0.717, 1.165) is 32.4 Å². The number of hydrogen-bond donors (Lipinski definition) is 5. The Morgan fingerprint density at radius 3 is 2.77 bits per heavy atom. The van der Waals surface area contributed by atoms with E-state index in [9.17, 15) is 9.59 Å². The van der Waals surface area contributed by atoms with Crippen molar-refractivity contribution in [3.8, 4) is 0 Å². The molecule has 1 fully saturated rings. The standard InChI is InChI=1S/C20H21N9O2/c21-6-3-11-4-7-29(8-5-11)19-24-15-10-22-28-18(30)16(15)17(27-19)23-12-1-2-13-14(9-12)26-20(31)25-13/h1-2,6,9-11,21H,3-5,7-8H2,(H,28,30)(H,23,24,27)(H2,25,26,31). The molecule has 5 rings (SSSR count). The van der Waals surface area contributed by atoms with Crippen LogP contribution in [-0.2, 0) is 0 Å². The Morgan fingerprint density at radius 1 is 1.16 bits per heavy atom. The van der Waals surface area contributed by atoms with E-state index in [4.69, 9.17) is 5.41 Å². The van der Waals surface area contributed by atoms with E-state index in [1.807, 2.05) is 0 Å². The molecule has 1 aliphatic rings. The molecule has 31 heavy (non-hydrogen) atoms. The van der Waals surface area contributed by atoms with Gasteiger partial charge in [0, 0.05) is 18.8 Å². The summed E-state index contributed by atoms with van der Waals surface area (Å²) in [7, 11) is 0. The fourth-order valence-corrected chi connectivity index (χ4v) is 4.01. The van der Waals surface area contributed by atoms with Gasteiger partial charge < -0.3 is 25.6 Å². The van der Waals surface area contributed by atoms with Crippen LogP contribution in [0.25, 0.3) is 21.9 Å². The molecule has 11 heteroatoms. The van der Waals surface area contributed by atoms with E-state index < -0.39 is 0 Å². The third kappa shape index (κ3) is 3.65. The molecule has 0 spiro atoms. The number of nitrogens with zero attached hydrogens (tertiary/aromatic N) is 4. The Morgan fingerprint density at radius 2 is 1.97 bits per heavy atom. The van der Waals surface area contributed by atoms with Gasteiger partial charge in [-0.1, -0.05) is 0 Å². The molecule has 11 nitrogen and oxygen atoms in total. The number of imidazole rings is 1. The zero-order chi connectivity index (χ0) is 21.4. The molecule has 1 saturated heterocycles. The molecular formula is C20H21N9O2. The SMILES string of the molecule is N=CCC1CCN(c2nc(Nc3ccc4[nH]c(=O)[nH]c4c3)c3c(=O)[nH]ncc3n2)CC1. The van der Waals surface area contributed by atoms with E-state index in [1.54, 1.807) is 18.2 Å². The molecule has 4 heterocycles. The zero-order valence-corrected chi connectivity index (χ0v) is 16.6. The monoisotopic (exact) mass is 419 g/mol. The van der Waals surface area contributed by atoms with E-state index in [2.05, 4.69) is 40.3 Å². The van der Waals surface area contributed by atoms with Crippen molar-refractivity contribution in [3.63, 3.8) is 0 Å². The number of benzene rings is 1. The average molecular weight is 419 g/mol. The zero-order valence-electron chi connectivity index (χ0n) is 16.6. The molecule has 0 saturated carbocycles. The van der Waals surface area contributed by atoms with Gasteiger partial charge >= 0.3 is 5.69 Å². The Bertz CT molecular complexity index is 1380. The summed E-state index contributed by atoms with van der Waals surface area (Å²) in [4.78, 5) is 40.8. The lowest BCUT2D eigenvalue weighted by molar-refractivity contribution is 0.416. The topological polar surface area (TPSA) is 159 Å². The van der Waals surface area contributed by atoms with Gasteiger partial charge in [-0.05, 0) is 49.6 Å². The van der Waals surface area contributed by atoms with Crippen LogP contribution in [0.5, 0.6) is 0 Å². The van der Waals surface area contributed by atoms with Crippen LogP contribution >= 0.6 is 0 Å². The Hall–Kier alpha value is -4.02. The smallest absolute Gasteiger partial charge is 0.323 e. The number of rotatable bonds is 5. The maximum Gasteiger partial charge on any atom is 0.323 e. The summed E-state index contributed by atoms with van der Waals surface area (Å²) in [5, 5.41) is 17.2. The fourth-order valence-electron chi connectivity index (χ4n) is 4.01. The van der Waals surface area contributed by atoms with Gasteiger partial charge in [0.15, 0.2) is 0 Å². The number of aromatic amines is 3. The predicted molar refractivity (Wildman–Crippen MR) is 118 cm³/mol. The normalized spacial score (nSPS) is 14.9. The number of aromatic nitrogens is 6. The van der Waals surface area contributed by atoms with E-state index >= 15 is 0 Å². The first kappa shape index (κ1) is 19.0. The summed E-state index contributed by atoms with van der Waals surface area (Å²) < 4.78 is 0. The minimum atomic E-state index is -0.382. The molecule has 1 aromatic carbocycles. The highest BCUT2D eigenvalue weighted by atomic mass is 16.1. The maximum atomic E-state index is 12.5. The Kier molecular flexibility index (Phi) is 4.69. The Labute approximate surface area is 175 Å². The summed E-state index contributed by atoms with van der Waals surface area (Å²) in [5.74, 6) is 1.42. The summed E-state index contributed by atoms with van der Waals surface area (Å²) in [6.07, 6.45) is 5.71. The number of piperidine rings is 1. The van der Waals surface area contributed by atoms with Crippen molar-refractivity contribution in [1.82, 2.24) is 30.1 Å². The highest BCUT2D eigenvalue weighted by Gasteiger charge is 2.22. The van der Waals surface area contributed by atoms with E-state index in [-0.39, 0.29) is 11.2 Å². The lowest BCUT2D eigenvalue weighted by Crippen LogP contribution is -2.35. The molecule has 0 atom stereocenters. The van der Waals surface area contributed by atoms with E-state index in [1.165, 1.54) is 12.4 Å². The highest BCUT2D eigenvalue weighted by molar-refractivity contribution is 5.91. The number of H-pyrrole nitrogens is 3. The van der Waals surface area contributed by atoms with Crippen molar-refractivity contribution in [1.29, 1.82) is 5.41 Å². The summed E-state index contributed by atoms with van der Waals surface area (Å²) in [6.45, 7) is 1.58. The van der Waals surface area contributed by atoms with Crippen LogP contribution in [0.2, 0.25) is 0 Å². The fraction of sp³-hybridized carbons (Fsp3) is 0.300. The molecule has 0 bridgehead atoms. The number of hydrogen-bond acceptors (Lipinski definition) is 8. The third-order valence-corrected chi connectivity index (χ3v) is 5.63. The third-order valence-electron chi connectivity index (χ3n) is 5.63. The molecule has 0 aliphatic carbocycles. The van der Waals surface area contributed by atoms with Gasteiger partial charge in [-0.15, -0.1) is 0 Å². The van der Waals surface area contributed by atoms with E-state index in [0.29, 0.717) is 45.3 Å². The van der Waals surface area contributed by atoms with Gasteiger partial charge in [0.25, 0.3) is 5.56 Å². The van der Waals surface area contributed by atoms with Gasteiger partial charge in [0.05, 0.1) is 17.2 Å². The first-order chi connectivity index (χ1) is 15.1. The van der Waals surface area contributed by atoms with Crippen LogP contribution in [0.3, 0.4) is 0 Å². The van der Waals surface area contributed by atoms with Gasteiger partial charge in [-0.2, -0.15) is 10.1 Å². The van der Waals surface area contributed by atoms with Crippen molar-refractivity contribution in [2.24, 2.45) is 5.92 Å². The van der Waals surface area contributed by atoms with Crippen LogP contribution in [0, 0.1) is 11.3 Å². The molecular weight excluding hydrogens is 398 g/mol. The summed E-state index contributed by atoms with van der Waals surface area (Å²) >= 11 is 0. The lowest BCUT2D eigenvalue weighted by Gasteiger charge is -2.31. The maximum absolute atomic E-state index is 12.5. The average Bonchev–Trinajstić information content (AvgIpc) is 3.13. The minimum absolute atomic E-state index is 0.282. The van der Waals surface area contributed by atoms with Crippen molar-refractivity contribution >= 4 is 45.6 Å². The molecule has 0 unspecified atom stereocenters. The molecule has 0 amide bonds. The summed E-state index contributed by atoms with van der Waals surface area (Å²) in [6, 6.07) is 5.36. The number of nitrogens with one attached hydrogen (secondary N) is 5. The van der Waals surface area contributed by atoms with Gasteiger partial charge in [-0.3, -0.25) is 4.79 Å². The highest BCUT2D eigenvalue weighted by Crippen LogP contribution is 2.27. The number of fused-ring (bicyclic) bond motifs is 2. The number of anilines is 3. The molecule has 5 N–H and O–H groups in total. The van der Waals surface area contributed by atoms with Crippen LogP contribution in [0.4, 0.5) is 17.5 Å². The Balaban J connectivity index is 1.53. The predicted octanol–water partition coefficient (Wildman–Crippen LogP) is 1.88.